The highest BCUT2D eigenvalue weighted by atomic mass is 35.5. The lowest BCUT2D eigenvalue weighted by atomic mass is 10.0. The van der Waals surface area contributed by atoms with E-state index in [1.807, 2.05) is 17.0 Å². The van der Waals surface area contributed by atoms with Gasteiger partial charge in [-0.15, -0.1) is 11.3 Å². The fourth-order valence-corrected chi connectivity index (χ4v) is 6.05. The number of aromatic nitrogens is 2. The van der Waals surface area contributed by atoms with Crippen molar-refractivity contribution >= 4 is 34.7 Å². The van der Waals surface area contributed by atoms with Crippen LogP contribution in [0.5, 0.6) is 0 Å². The van der Waals surface area contributed by atoms with E-state index in [1.54, 1.807) is 6.33 Å². The van der Waals surface area contributed by atoms with Gasteiger partial charge in [-0.2, -0.15) is 0 Å². The summed E-state index contributed by atoms with van der Waals surface area (Å²) in [4.78, 5) is 27.6. The quantitative estimate of drug-likeness (QED) is 0.640. The van der Waals surface area contributed by atoms with Crippen molar-refractivity contribution in [3.63, 3.8) is 0 Å². The van der Waals surface area contributed by atoms with Crippen LogP contribution < -0.4 is 10.2 Å². The zero-order valence-electron chi connectivity index (χ0n) is 18.3. The lowest BCUT2D eigenvalue weighted by Crippen LogP contribution is -2.51. The molecule has 1 saturated heterocycles. The number of nitrogens with zero attached hydrogens (tertiary/aromatic N) is 4. The van der Waals surface area contributed by atoms with Gasteiger partial charge in [0.15, 0.2) is 0 Å². The third kappa shape index (κ3) is 4.51. The highest BCUT2D eigenvalue weighted by molar-refractivity contribution is 7.16. The number of carbonyl (C=O) groups is 1. The molecule has 0 spiro atoms. The van der Waals surface area contributed by atoms with Crippen molar-refractivity contribution in [3.8, 4) is 0 Å². The molecule has 2 aromatic rings. The molecule has 3 aliphatic rings. The summed E-state index contributed by atoms with van der Waals surface area (Å²) < 4.78 is 0.721. The number of amides is 1. The van der Waals surface area contributed by atoms with E-state index in [9.17, 15) is 9.90 Å². The van der Waals surface area contributed by atoms with Gasteiger partial charge >= 0.3 is 0 Å². The van der Waals surface area contributed by atoms with Gasteiger partial charge < -0.3 is 20.2 Å². The summed E-state index contributed by atoms with van der Waals surface area (Å²) in [5, 5.41) is 13.8. The van der Waals surface area contributed by atoms with Crippen LogP contribution >= 0.6 is 22.9 Å². The van der Waals surface area contributed by atoms with Gasteiger partial charge in [-0.3, -0.25) is 4.79 Å². The van der Waals surface area contributed by atoms with E-state index in [4.69, 9.17) is 11.6 Å². The number of hydrogen-bond donors (Lipinski definition) is 2. The van der Waals surface area contributed by atoms with Crippen molar-refractivity contribution in [2.75, 3.05) is 44.2 Å². The number of fused-ring (bicyclic) bond motifs is 1. The van der Waals surface area contributed by atoms with Gasteiger partial charge in [0.05, 0.1) is 22.1 Å². The molecule has 0 radical (unpaired) electrons. The van der Waals surface area contributed by atoms with Gasteiger partial charge in [-0.1, -0.05) is 18.5 Å². The molecule has 2 aliphatic carbocycles. The minimum Gasteiger partial charge on any atom is -0.387 e. The molecule has 2 aromatic heterocycles. The van der Waals surface area contributed by atoms with E-state index in [2.05, 4.69) is 27.1 Å². The first-order valence-electron chi connectivity index (χ1n) is 11.5. The van der Waals surface area contributed by atoms with E-state index in [1.165, 1.54) is 24.2 Å². The number of aliphatic hydroxyl groups excluding tert-OH is 1. The predicted molar refractivity (Wildman–Crippen MR) is 126 cm³/mol. The summed E-state index contributed by atoms with van der Waals surface area (Å²) in [6.07, 6.45) is 4.32. The number of nitrogens with one attached hydrogen (secondary N) is 1. The van der Waals surface area contributed by atoms with E-state index < -0.39 is 6.10 Å². The number of rotatable bonds is 7. The molecule has 1 amide bonds. The second-order valence-corrected chi connectivity index (χ2v) is 11.0. The van der Waals surface area contributed by atoms with Crippen molar-refractivity contribution in [1.82, 2.24) is 20.2 Å². The minimum atomic E-state index is -0.508. The number of aliphatic hydroxyl groups is 1. The Bertz CT molecular complexity index is 973. The number of halogens is 1. The number of piperazine rings is 1. The number of carbonyl (C=O) groups excluding carboxylic acids is 1. The molecule has 2 N–H and O–H groups in total. The maximum absolute atomic E-state index is 13.5. The third-order valence-corrected chi connectivity index (χ3v) is 8.23. The van der Waals surface area contributed by atoms with Crippen molar-refractivity contribution in [1.29, 1.82) is 0 Å². The van der Waals surface area contributed by atoms with E-state index in [0.717, 1.165) is 51.8 Å². The summed E-state index contributed by atoms with van der Waals surface area (Å²) in [6, 6.07) is 3.87. The minimum absolute atomic E-state index is 0.170. The Morgan fingerprint density at radius 2 is 2.06 bits per heavy atom. The summed E-state index contributed by atoms with van der Waals surface area (Å²) >= 11 is 7.68. The number of thiophene rings is 1. The molecule has 0 bridgehead atoms. The topological polar surface area (TPSA) is 81.6 Å². The molecule has 2 fully saturated rings. The molecule has 5 rings (SSSR count). The largest absolute Gasteiger partial charge is 0.387 e. The molecule has 3 atom stereocenters. The molecule has 7 nitrogen and oxygen atoms in total. The Hall–Kier alpha value is -1.74. The van der Waals surface area contributed by atoms with Gasteiger partial charge in [0, 0.05) is 43.2 Å². The first-order chi connectivity index (χ1) is 15.5. The Labute approximate surface area is 197 Å². The summed E-state index contributed by atoms with van der Waals surface area (Å²) in [6.45, 7) is 6.53. The van der Waals surface area contributed by atoms with Crippen LogP contribution in [0.3, 0.4) is 0 Å². The zero-order valence-corrected chi connectivity index (χ0v) is 19.9. The first kappa shape index (κ1) is 22.1. The van der Waals surface area contributed by atoms with Gasteiger partial charge in [0.25, 0.3) is 0 Å². The van der Waals surface area contributed by atoms with Crippen LogP contribution in [0.4, 0.5) is 5.82 Å². The van der Waals surface area contributed by atoms with Gasteiger partial charge in [-0.05, 0) is 49.8 Å². The standard InChI is InChI=1S/C23H30ClN5O2S/c1-14-10-17(30)21-20(14)22(27-13-26-21)28-6-8-29(9-7-28)23(31)16(12-25-11-15-2-3-15)18-4-5-19(24)32-18/h4-5,13-17,25,30H,2-3,6-12H2,1H3/t14-,16-,17-/m1/s1. The Balaban J connectivity index is 1.26. The van der Waals surface area contributed by atoms with Crippen LogP contribution in [-0.4, -0.2) is 65.2 Å². The molecule has 9 heteroatoms. The van der Waals surface area contributed by atoms with Crippen LogP contribution in [0.1, 0.15) is 60.3 Å². The molecular weight excluding hydrogens is 446 g/mol. The predicted octanol–water partition coefficient (Wildman–Crippen LogP) is 3.16. The molecule has 3 heterocycles. The van der Waals surface area contributed by atoms with Crippen molar-refractivity contribution in [2.24, 2.45) is 5.92 Å². The van der Waals surface area contributed by atoms with Gasteiger partial charge in [0.1, 0.15) is 12.1 Å². The van der Waals surface area contributed by atoms with Crippen molar-refractivity contribution < 1.29 is 9.90 Å². The molecule has 0 unspecified atom stereocenters. The van der Waals surface area contributed by atoms with Crippen LogP contribution in [-0.2, 0) is 4.79 Å². The van der Waals surface area contributed by atoms with Crippen LogP contribution in [0, 0.1) is 5.92 Å². The molecule has 1 aliphatic heterocycles. The molecule has 1 saturated carbocycles. The highest BCUT2D eigenvalue weighted by Crippen LogP contribution is 2.43. The van der Waals surface area contributed by atoms with Crippen LogP contribution in [0.15, 0.2) is 18.5 Å². The van der Waals surface area contributed by atoms with E-state index in [0.29, 0.717) is 26.1 Å². The van der Waals surface area contributed by atoms with E-state index >= 15 is 0 Å². The maximum Gasteiger partial charge on any atom is 0.232 e. The average molecular weight is 476 g/mol. The van der Waals surface area contributed by atoms with Gasteiger partial charge in [-0.25, -0.2) is 9.97 Å². The summed E-state index contributed by atoms with van der Waals surface area (Å²) in [5.41, 5.74) is 1.83. The summed E-state index contributed by atoms with van der Waals surface area (Å²) in [7, 11) is 0. The highest BCUT2D eigenvalue weighted by Gasteiger charge is 2.35. The van der Waals surface area contributed by atoms with Gasteiger partial charge in [0.2, 0.25) is 5.91 Å². The molecular formula is C23H30ClN5O2S. The smallest absolute Gasteiger partial charge is 0.232 e. The molecule has 32 heavy (non-hydrogen) atoms. The lowest BCUT2D eigenvalue weighted by molar-refractivity contribution is -0.133. The Morgan fingerprint density at radius 1 is 1.28 bits per heavy atom. The van der Waals surface area contributed by atoms with Crippen LogP contribution in [0.2, 0.25) is 4.34 Å². The summed E-state index contributed by atoms with van der Waals surface area (Å²) in [5.74, 6) is 1.90. The van der Waals surface area contributed by atoms with E-state index in [-0.39, 0.29) is 17.7 Å². The van der Waals surface area contributed by atoms with Crippen molar-refractivity contribution in [2.45, 2.75) is 44.1 Å². The first-order valence-corrected chi connectivity index (χ1v) is 12.7. The SMILES string of the molecule is C[C@@H]1C[C@@H](O)c2ncnc(N3CCN(C(=O)[C@H](CNCC4CC4)c4ccc(Cl)s4)CC3)c21. The number of hydrogen-bond acceptors (Lipinski definition) is 7. The Kier molecular flexibility index (Phi) is 6.38. The second kappa shape index (κ2) is 9.25. The third-order valence-electron chi connectivity index (χ3n) is 6.88. The lowest BCUT2D eigenvalue weighted by Gasteiger charge is -2.37. The van der Waals surface area contributed by atoms with Crippen LogP contribution in [0.25, 0.3) is 0 Å². The Morgan fingerprint density at radius 3 is 2.75 bits per heavy atom. The molecule has 0 aromatic carbocycles. The fourth-order valence-electron chi connectivity index (χ4n) is 4.89. The second-order valence-electron chi connectivity index (χ2n) is 9.26. The monoisotopic (exact) mass is 475 g/mol. The average Bonchev–Trinajstić information content (AvgIpc) is 3.46. The maximum atomic E-state index is 13.5. The molecule has 172 valence electrons. The number of anilines is 1. The zero-order chi connectivity index (χ0) is 22.2. The van der Waals surface area contributed by atoms with Crippen molar-refractivity contribution in [3.05, 3.63) is 38.9 Å². The fraction of sp³-hybridized carbons (Fsp3) is 0.609. The normalized spacial score (nSPS) is 24.0.